The first-order chi connectivity index (χ1) is 14.9. The number of likely N-dealkylation sites (tertiary alicyclic amines) is 1. The molecule has 3 heterocycles. The van der Waals surface area contributed by atoms with Crippen molar-refractivity contribution < 1.29 is 9.15 Å². The maximum absolute atomic E-state index is 5.47. The van der Waals surface area contributed by atoms with Gasteiger partial charge in [0, 0.05) is 58.2 Å². The van der Waals surface area contributed by atoms with Crippen molar-refractivity contribution in [3.8, 4) is 0 Å². The van der Waals surface area contributed by atoms with E-state index >= 15 is 0 Å². The van der Waals surface area contributed by atoms with E-state index in [9.17, 15) is 0 Å². The highest BCUT2D eigenvalue weighted by Crippen LogP contribution is 2.26. The molecule has 1 aromatic heterocycles. The largest absolute Gasteiger partial charge is 0.469 e. The van der Waals surface area contributed by atoms with Crippen molar-refractivity contribution in [1.29, 1.82) is 0 Å². The molecule has 0 bridgehead atoms. The normalized spacial score (nSPS) is 20.6. The van der Waals surface area contributed by atoms with Gasteiger partial charge < -0.3 is 19.4 Å². The molecule has 1 aromatic carbocycles. The van der Waals surface area contributed by atoms with E-state index in [1.54, 1.807) is 6.26 Å². The van der Waals surface area contributed by atoms with Crippen LogP contribution in [0.4, 0.5) is 0 Å². The Kier molecular flexibility index (Phi) is 7.81. The number of hydrogen-bond donors (Lipinski definition) is 1. The summed E-state index contributed by atoms with van der Waals surface area (Å²) in [5.41, 5.74) is 1.43. The average molecular weight is 411 g/mol. The van der Waals surface area contributed by atoms with Crippen LogP contribution in [0.25, 0.3) is 0 Å². The number of ether oxygens (including phenoxy) is 1. The fourth-order valence-corrected chi connectivity index (χ4v) is 4.27. The number of aliphatic imine (C=N–C) groups is 1. The summed E-state index contributed by atoms with van der Waals surface area (Å²) in [4.78, 5) is 9.88. The molecule has 6 heteroatoms. The molecule has 2 aromatic rings. The molecule has 162 valence electrons. The van der Waals surface area contributed by atoms with Crippen LogP contribution in [0.15, 0.2) is 58.1 Å². The summed E-state index contributed by atoms with van der Waals surface area (Å²) in [5.74, 6) is 2.64. The van der Waals surface area contributed by atoms with Crippen LogP contribution in [0.5, 0.6) is 0 Å². The molecule has 2 aliphatic heterocycles. The molecule has 0 saturated carbocycles. The molecule has 0 aliphatic carbocycles. The molecule has 2 saturated heterocycles. The van der Waals surface area contributed by atoms with Crippen LogP contribution in [0, 0.1) is 0 Å². The molecule has 6 nitrogen and oxygen atoms in total. The van der Waals surface area contributed by atoms with E-state index in [4.69, 9.17) is 14.1 Å². The summed E-state index contributed by atoms with van der Waals surface area (Å²) in [6.07, 6.45) is 4.87. The van der Waals surface area contributed by atoms with Crippen molar-refractivity contribution in [2.75, 3.05) is 59.0 Å². The lowest BCUT2D eigenvalue weighted by Crippen LogP contribution is -2.41. The van der Waals surface area contributed by atoms with E-state index in [0.717, 1.165) is 83.6 Å². The third kappa shape index (κ3) is 6.09. The van der Waals surface area contributed by atoms with E-state index in [1.165, 1.54) is 12.0 Å². The highest BCUT2D eigenvalue weighted by atomic mass is 16.5. The Hall–Kier alpha value is -2.31. The van der Waals surface area contributed by atoms with Crippen molar-refractivity contribution in [2.45, 2.75) is 25.2 Å². The molecule has 30 heavy (non-hydrogen) atoms. The monoisotopic (exact) mass is 410 g/mol. The summed E-state index contributed by atoms with van der Waals surface area (Å²) in [6, 6.07) is 14.8. The Labute approximate surface area is 179 Å². The van der Waals surface area contributed by atoms with Crippen LogP contribution in [0.1, 0.15) is 30.1 Å². The van der Waals surface area contributed by atoms with E-state index in [1.807, 2.05) is 12.1 Å². The second-order valence-electron chi connectivity index (χ2n) is 8.11. The zero-order chi connectivity index (χ0) is 20.4. The van der Waals surface area contributed by atoms with Crippen molar-refractivity contribution in [3.05, 3.63) is 60.1 Å². The van der Waals surface area contributed by atoms with Gasteiger partial charge in [-0.05, 0) is 30.5 Å². The number of furan rings is 1. The van der Waals surface area contributed by atoms with Gasteiger partial charge in [0.05, 0.1) is 19.5 Å². The summed E-state index contributed by atoms with van der Waals surface area (Å²) in [7, 11) is 0. The Morgan fingerprint density at radius 1 is 1.07 bits per heavy atom. The topological polar surface area (TPSA) is 53.2 Å². The third-order valence-electron chi connectivity index (χ3n) is 5.99. The third-order valence-corrected chi connectivity index (χ3v) is 5.99. The number of hydrogen-bond acceptors (Lipinski definition) is 4. The number of guanidine groups is 1. The van der Waals surface area contributed by atoms with Gasteiger partial charge in [-0.1, -0.05) is 30.3 Å². The van der Waals surface area contributed by atoms with Crippen LogP contribution in [0.3, 0.4) is 0 Å². The summed E-state index contributed by atoms with van der Waals surface area (Å²) in [5, 5.41) is 3.59. The summed E-state index contributed by atoms with van der Waals surface area (Å²) < 4.78 is 10.9. The summed E-state index contributed by atoms with van der Waals surface area (Å²) >= 11 is 0. The first-order valence-electron chi connectivity index (χ1n) is 11.3. The number of morpholine rings is 1. The van der Waals surface area contributed by atoms with Gasteiger partial charge in [0.25, 0.3) is 0 Å². The standard InChI is InChI=1S/C24H34N4O2/c1-2-6-21(7-3-1)22-10-14-28(20-22)24(26-12-9-23-8-4-17-30-23)25-11-5-13-27-15-18-29-19-16-27/h1-4,6-8,17,22H,5,9-16,18-20H2,(H,25,26). The fraction of sp³-hybridized carbons (Fsp3) is 0.542. The van der Waals surface area contributed by atoms with E-state index in [-0.39, 0.29) is 0 Å². The van der Waals surface area contributed by atoms with Gasteiger partial charge in [-0.3, -0.25) is 9.89 Å². The van der Waals surface area contributed by atoms with Crippen LogP contribution >= 0.6 is 0 Å². The second-order valence-corrected chi connectivity index (χ2v) is 8.11. The molecule has 0 amide bonds. The number of nitrogens with one attached hydrogen (secondary N) is 1. The first kappa shape index (κ1) is 20.9. The minimum atomic E-state index is 0.580. The molecule has 0 radical (unpaired) electrons. The smallest absolute Gasteiger partial charge is 0.193 e. The van der Waals surface area contributed by atoms with Crippen molar-refractivity contribution >= 4 is 5.96 Å². The molecule has 2 fully saturated rings. The predicted octanol–water partition coefficient (Wildman–Crippen LogP) is 2.98. The molecule has 2 aliphatic rings. The summed E-state index contributed by atoms with van der Waals surface area (Å²) in [6.45, 7) is 8.67. The van der Waals surface area contributed by atoms with Crippen molar-refractivity contribution in [3.63, 3.8) is 0 Å². The SMILES string of the molecule is c1ccc(C2CCN(C(=NCCCN3CCOCC3)NCCc3ccco3)C2)cc1. The van der Waals surface area contributed by atoms with Crippen molar-refractivity contribution in [1.82, 2.24) is 15.1 Å². The lowest BCUT2D eigenvalue weighted by atomic mass is 9.99. The van der Waals surface area contributed by atoms with Gasteiger partial charge in [0.1, 0.15) is 5.76 Å². The van der Waals surface area contributed by atoms with E-state index in [2.05, 4.69) is 45.4 Å². The molecular weight excluding hydrogens is 376 g/mol. The maximum atomic E-state index is 5.47. The first-order valence-corrected chi connectivity index (χ1v) is 11.3. The average Bonchev–Trinajstić information content (AvgIpc) is 3.49. The molecule has 1 unspecified atom stereocenters. The highest BCUT2D eigenvalue weighted by Gasteiger charge is 2.26. The van der Waals surface area contributed by atoms with Gasteiger partial charge in [0.15, 0.2) is 5.96 Å². The van der Waals surface area contributed by atoms with Crippen LogP contribution < -0.4 is 5.32 Å². The Morgan fingerprint density at radius 3 is 2.73 bits per heavy atom. The lowest BCUT2D eigenvalue weighted by molar-refractivity contribution is 0.0377. The molecule has 4 rings (SSSR count). The van der Waals surface area contributed by atoms with E-state index < -0.39 is 0 Å². The minimum absolute atomic E-state index is 0.580. The van der Waals surface area contributed by atoms with Crippen LogP contribution in [0.2, 0.25) is 0 Å². The van der Waals surface area contributed by atoms with Gasteiger partial charge in [-0.2, -0.15) is 0 Å². The fourth-order valence-electron chi connectivity index (χ4n) is 4.27. The van der Waals surface area contributed by atoms with Gasteiger partial charge in [-0.15, -0.1) is 0 Å². The minimum Gasteiger partial charge on any atom is -0.469 e. The van der Waals surface area contributed by atoms with Gasteiger partial charge in [0.2, 0.25) is 0 Å². The Balaban J connectivity index is 1.31. The van der Waals surface area contributed by atoms with Crippen LogP contribution in [-0.2, 0) is 11.2 Å². The zero-order valence-corrected chi connectivity index (χ0v) is 17.8. The maximum Gasteiger partial charge on any atom is 0.193 e. The zero-order valence-electron chi connectivity index (χ0n) is 17.8. The van der Waals surface area contributed by atoms with Gasteiger partial charge in [-0.25, -0.2) is 0 Å². The number of nitrogens with zero attached hydrogens (tertiary/aromatic N) is 3. The van der Waals surface area contributed by atoms with E-state index in [0.29, 0.717) is 5.92 Å². The van der Waals surface area contributed by atoms with Crippen molar-refractivity contribution in [2.24, 2.45) is 4.99 Å². The molecule has 1 atom stereocenters. The van der Waals surface area contributed by atoms with Gasteiger partial charge >= 0.3 is 0 Å². The Morgan fingerprint density at radius 2 is 1.93 bits per heavy atom. The number of rotatable bonds is 8. The highest BCUT2D eigenvalue weighted by molar-refractivity contribution is 5.80. The lowest BCUT2D eigenvalue weighted by Gasteiger charge is -2.26. The predicted molar refractivity (Wildman–Crippen MR) is 120 cm³/mol. The molecule has 1 N–H and O–H groups in total. The quantitative estimate of drug-likeness (QED) is 0.412. The Bertz CT molecular complexity index is 757. The van der Waals surface area contributed by atoms with Crippen LogP contribution in [-0.4, -0.2) is 74.8 Å². The molecular formula is C24H34N4O2. The second kappa shape index (κ2) is 11.2. The number of benzene rings is 1. The molecule has 0 spiro atoms.